The molecule has 0 atom stereocenters. The number of hydrogen-bond acceptors (Lipinski definition) is 6. The Morgan fingerprint density at radius 1 is 1.30 bits per heavy atom. The van der Waals surface area contributed by atoms with Crippen molar-refractivity contribution in [2.45, 2.75) is 31.2 Å². The lowest BCUT2D eigenvalue weighted by atomic mass is 10.0. The number of nitrogens with one attached hydrogen (secondary N) is 1. The van der Waals surface area contributed by atoms with Gasteiger partial charge in [-0.15, -0.1) is 0 Å². The zero-order valence-electron chi connectivity index (χ0n) is 15.2. The van der Waals surface area contributed by atoms with E-state index in [0.717, 1.165) is 30.5 Å². The van der Waals surface area contributed by atoms with E-state index in [-0.39, 0.29) is 11.7 Å². The Kier molecular flexibility index (Phi) is 5.77. The number of carbonyl (C=O) groups is 2. The van der Waals surface area contributed by atoms with E-state index in [1.165, 1.54) is 24.4 Å². The molecule has 1 heterocycles. The Hall–Kier alpha value is -2.85. The van der Waals surface area contributed by atoms with E-state index in [1.54, 1.807) is 24.3 Å². The molecule has 0 bridgehead atoms. The van der Waals surface area contributed by atoms with Crippen molar-refractivity contribution in [3.63, 3.8) is 0 Å². The summed E-state index contributed by atoms with van der Waals surface area (Å²) in [4.78, 5) is 28.3. The summed E-state index contributed by atoms with van der Waals surface area (Å²) in [5, 5.41) is 12.9. The lowest BCUT2D eigenvalue weighted by Crippen LogP contribution is -2.14. The zero-order chi connectivity index (χ0) is 19.4. The maximum absolute atomic E-state index is 12.2. The first-order chi connectivity index (χ1) is 13.0. The molecule has 1 N–H and O–H groups in total. The number of amides is 1. The van der Waals surface area contributed by atoms with Crippen LogP contribution in [0.5, 0.6) is 0 Å². The van der Waals surface area contributed by atoms with Gasteiger partial charge in [-0.25, -0.2) is 9.78 Å². The summed E-state index contributed by atoms with van der Waals surface area (Å²) in [7, 11) is 1.32. The molecule has 0 saturated heterocycles. The second kappa shape index (κ2) is 8.23. The van der Waals surface area contributed by atoms with Crippen LogP contribution >= 0.6 is 11.8 Å². The van der Waals surface area contributed by atoms with Gasteiger partial charge in [0.1, 0.15) is 11.1 Å². The quantitative estimate of drug-likeness (QED) is 0.631. The minimum absolute atomic E-state index is 0.151. The number of methoxy groups -OCH3 is 1. The summed E-state index contributed by atoms with van der Waals surface area (Å²) in [6.07, 6.45) is 2.95. The molecule has 0 saturated carbocycles. The van der Waals surface area contributed by atoms with E-state index in [4.69, 9.17) is 0 Å². The van der Waals surface area contributed by atoms with Crippen LogP contribution in [0, 0.1) is 18.3 Å². The summed E-state index contributed by atoms with van der Waals surface area (Å²) in [5.74, 6) is -0.473. The van der Waals surface area contributed by atoms with E-state index in [1.807, 2.05) is 6.92 Å². The van der Waals surface area contributed by atoms with Gasteiger partial charge in [0.15, 0.2) is 0 Å². The molecule has 27 heavy (non-hydrogen) atoms. The van der Waals surface area contributed by atoms with Crippen LogP contribution in [0.4, 0.5) is 5.69 Å². The topological polar surface area (TPSA) is 92.1 Å². The zero-order valence-corrected chi connectivity index (χ0v) is 16.0. The van der Waals surface area contributed by atoms with Crippen LogP contribution in [0.25, 0.3) is 0 Å². The molecule has 0 spiro atoms. The van der Waals surface area contributed by atoms with Crippen LogP contribution in [-0.2, 0) is 22.4 Å². The number of ether oxygens (including phenoxy) is 1. The Balaban J connectivity index is 1.65. The second-order valence-electron chi connectivity index (χ2n) is 6.21. The fourth-order valence-corrected chi connectivity index (χ4v) is 3.98. The first-order valence-corrected chi connectivity index (χ1v) is 9.55. The molecular weight excluding hydrogens is 362 g/mol. The lowest BCUT2D eigenvalue weighted by Gasteiger charge is -2.11. The van der Waals surface area contributed by atoms with Crippen molar-refractivity contribution in [1.29, 1.82) is 5.26 Å². The highest BCUT2D eigenvalue weighted by atomic mass is 32.2. The van der Waals surface area contributed by atoms with Crippen LogP contribution < -0.4 is 5.32 Å². The Bertz CT molecular complexity index is 933. The second-order valence-corrected chi connectivity index (χ2v) is 7.18. The number of aromatic nitrogens is 1. The highest BCUT2D eigenvalue weighted by Crippen LogP contribution is 2.31. The standard InChI is InChI=1S/C20H19N3O3S/c1-12-15-4-3-5-17(15)23-19(16(12)10-21)27-11-18(24)22-14-8-6-13(7-9-14)20(25)26-2/h6-9H,3-5,11H2,1-2H3,(H,22,24). The molecule has 1 aromatic heterocycles. The monoisotopic (exact) mass is 381 g/mol. The number of nitriles is 1. The third-order valence-electron chi connectivity index (χ3n) is 4.51. The number of carbonyl (C=O) groups excluding carboxylic acids is 2. The van der Waals surface area contributed by atoms with E-state index in [9.17, 15) is 14.9 Å². The van der Waals surface area contributed by atoms with Crippen molar-refractivity contribution >= 4 is 29.3 Å². The maximum atomic E-state index is 12.2. The smallest absolute Gasteiger partial charge is 0.337 e. The van der Waals surface area contributed by atoms with Crippen molar-refractivity contribution in [2.24, 2.45) is 0 Å². The number of hydrogen-bond donors (Lipinski definition) is 1. The Morgan fingerprint density at radius 2 is 2.04 bits per heavy atom. The molecule has 1 aliphatic carbocycles. The van der Waals surface area contributed by atoms with Gasteiger partial charge in [-0.3, -0.25) is 4.79 Å². The molecule has 1 aliphatic rings. The first-order valence-electron chi connectivity index (χ1n) is 8.57. The van der Waals surface area contributed by atoms with Gasteiger partial charge in [-0.05, 0) is 61.6 Å². The Labute approximate surface area is 161 Å². The third-order valence-corrected chi connectivity index (χ3v) is 5.48. The van der Waals surface area contributed by atoms with Gasteiger partial charge in [-0.1, -0.05) is 11.8 Å². The molecule has 0 fully saturated rings. The molecular formula is C20H19N3O3S. The van der Waals surface area contributed by atoms with E-state index < -0.39 is 5.97 Å². The minimum Gasteiger partial charge on any atom is -0.465 e. The van der Waals surface area contributed by atoms with Crippen molar-refractivity contribution in [3.05, 3.63) is 52.2 Å². The predicted octanol–water partition coefficient (Wildman–Crippen LogP) is 3.27. The van der Waals surface area contributed by atoms with Crippen LogP contribution in [-0.4, -0.2) is 29.7 Å². The highest BCUT2D eigenvalue weighted by molar-refractivity contribution is 8.00. The van der Waals surface area contributed by atoms with Crippen LogP contribution in [0.15, 0.2) is 29.3 Å². The molecule has 6 nitrogen and oxygen atoms in total. The summed E-state index contributed by atoms with van der Waals surface area (Å²) in [6, 6.07) is 8.70. The number of anilines is 1. The SMILES string of the molecule is COC(=O)c1ccc(NC(=O)CSc2nc3c(c(C)c2C#N)CCC3)cc1. The van der Waals surface area contributed by atoms with Gasteiger partial charge < -0.3 is 10.1 Å². The molecule has 2 aromatic rings. The number of esters is 1. The summed E-state index contributed by atoms with van der Waals surface area (Å²) in [5.41, 5.74) is 4.80. The number of fused-ring (bicyclic) bond motifs is 1. The largest absolute Gasteiger partial charge is 0.465 e. The average molecular weight is 381 g/mol. The molecule has 0 radical (unpaired) electrons. The molecule has 1 aromatic carbocycles. The van der Waals surface area contributed by atoms with E-state index >= 15 is 0 Å². The van der Waals surface area contributed by atoms with Crippen LogP contribution in [0.2, 0.25) is 0 Å². The van der Waals surface area contributed by atoms with E-state index in [0.29, 0.717) is 21.8 Å². The van der Waals surface area contributed by atoms with Crippen molar-refractivity contribution in [2.75, 3.05) is 18.2 Å². The minimum atomic E-state index is -0.425. The number of pyridine rings is 1. The van der Waals surface area contributed by atoms with Crippen molar-refractivity contribution in [3.8, 4) is 6.07 Å². The summed E-state index contributed by atoms with van der Waals surface area (Å²) < 4.78 is 4.64. The molecule has 7 heteroatoms. The van der Waals surface area contributed by atoms with Gasteiger partial charge in [-0.2, -0.15) is 5.26 Å². The molecule has 138 valence electrons. The fraction of sp³-hybridized carbons (Fsp3) is 0.300. The van der Waals surface area contributed by atoms with Gasteiger partial charge in [0.25, 0.3) is 0 Å². The Morgan fingerprint density at radius 3 is 2.70 bits per heavy atom. The number of benzene rings is 1. The summed E-state index contributed by atoms with van der Waals surface area (Å²) >= 11 is 1.27. The molecule has 0 unspecified atom stereocenters. The number of nitrogens with zero attached hydrogens (tertiary/aromatic N) is 2. The fourth-order valence-electron chi connectivity index (χ4n) is 3.12. The predicted molar refractivity (Wildman–Crippen MR) is 103 cm³/mol. The average Bonchev–Trinajstić information content (AvgIpc) is 3.15. The van der Waals surface area contributed by atoms with Crippen molar-refractivity contribution < 1.29 is 14.3 Å². The van der Waals surface area contributed by atoms with Crippen LogP contribution in [0.3, 0.4) is 0 Å². The third kappa shape index (κ3) is 4.12. The molecule has 3 rings (SSSR count). The molecule has 1 amide bonds. The van der Waals surface area contributed by atoms with Gasteiger partial charge in [0, 0.05) is 11.4 Å². The van der Waals surface area contributed by atoms with Gasteiger partial charge in [0.2, 0.25) is 5.91 Å². The van der Waals surface area contributed by atoms with E-state index in [2.05, 4.69) is 21.1 Å². The number of rotatable bonds is 5. The van der Waals surface area contributed by atoms with Crippen LogP contribution in [0.1, 0.15) is 39.2 Å². The maximum Gasteiger partial charge on any atom is 0.337 e. The first kappa shape index (κ1) is 18.9. The number of thioether (sulfide) groups is 1. The molecule has 0 aliphatic heterocycles. The van der Waals surface area contributed by atoms with Gasteiger partial charge in [0.05, 0.1) is 24.0 Å². The number of aryl methyl sites for hydroxylation is 1. The van der Waals surface area contributed by atoms with Gasteiger partial charge >= 0.3 is 5.97 Å². The normalized spacial score (nSPS) is 12.2. The lowest BCUT2D eigenvalue weighted by molar-refractivity contribution is -0.113. The highest BCUT2D eigenvalue weighted by Gasteiger charge is 2.21. The van der Waals surface area contributed by atoms with Crippen molar-refractivity contribution in [1.82, 2.24) is 4.98 Å². The summed E-state index contributed by atoms with van der Waals surface area (Å²) in [6.45, 7) is 1.96.